The molecule has 1 aromatic carbocycles. The van der Waals surface area contributed by atoms with Crippen molar-refractivity contribution in [2.45, 2.75) is 0 Å². The molecule has 1 amide bonds. The van der Waals surface area contributed by atoms with Crippen molar-refractivity contribution < 1.29 is 19.2 Å². The third-order valence-corrected chi connectivity index (χ3v) is 2.68. The summed E-state index contributed by atoms with van der Waals surface area (Å²) in [7, 11) is 4.29. The minimum absolute atomic E-state index is 0.0644. The lowest BCUT2D eigenvalue weighted by atomic mass is 10.1. The number of hydrogen-bond donors (Lipinski definition) is 1. The van der Waals surface area contributed by atoms with E-state index in [0.29, 0.717) is 5.69 Å². The summed E-state index contributed by atoms with van der Waals surface area (Å²) in [6.07, 6.45) is 0. The monoisotopic (exact) mass is 281 g/mol. The standard InChI is InChI=1S/C12H15N3O5/c1-13-11(16)7-14(2)8-4-5-10(15(18)19)9(6-8)12(17)20-3/h4-6H,7H2,1-3H3,(H,13,16). The van der Waals surface area contributed by atoms with Crippen molar-refractivity contribution in [3.8, 4) is 0 Å². The summed E-state index contributed by atoms with van der Waals surface area (Å²) in [5.74, 6) is -1.02. The van der Waals surface area contributed by atoms with Crippen molar-refractivity contribution in [1.82, 2.24) is 5.32 Å². The molecule has 0 fully saturated rings. The predicted molar refractivity (Wildman–Crippen MR) is 71.8 cm³/mol. The van der Waals surface area contributed by atoms with Crippen LogP contribution in [0.4, 0.5) is 11.4 Å². The summed E-state index contributed by atoms with van der Waals surface area (Å²) in [6.45, 7) is 0.0644. The van der Waals surface area contributed by atoms with Gasteiger partial charge in [0.15, 0.2) is 0 Å². The number of ether oxygens (including phenoxy) is 1. The van der Waals surface area contributed by atoms with Crippen LogP contribution in [-0.2, 0) is 9.53 Å². The van der Waals surface area contributed by atoms with Crippen LogP contribution in [0.1, 0.15) is 10.4 Å². The van der Waals surface area contributed by atoms with E-state index in [9.17, 15) is 19.7 Å². The number of hydrogen-bond acceptors (Lipinski definition) is 6. The number of amides is 1. The zero-order chi connectivity index (χ0) is 15.3. The number of carbonyl (C=O) groups is 2. The van der Waals surface area contributed by atoms with Crippen LogP contribution >= 0.6 is 0 Å². The van der Waals surface area contributed by atoms with Crippen LogP contribution in [0.2, 0.25) is 0 Å². The summed E-state index contributed by atoms with van der Waals surface area (Å²) < 4.78 is 4.52. The van der Waals surface area contributed by atoms with Gasteiger partial charge in [0.05, 0.1) is 18.6 Å². The Kier molecular flexibility index (Phi) is 5.01. The van der Waals surface area contributed by atoms with Crippen LogP contribution in [0, 0.1) is 10.1 Å². The van der Waals surface area contributed by atoms with Crippen molar-refractivity contribution in [2.75, 3.05) is 32.6 Å². The smallest absolute Gasteiger partial charge is 0.344 e. The van der Waals surface area contributed by atoms with Gasteiger partial charge in [-0.25, -0.2) is 4.79 Å². The highest BCUT2D eigenvalue weighted by molar-refractivity contribution is 5.95. The lowest BCUT2D eigenvalue weighted by Gasteiger charge is -2.18. The molecule has 0 aliphatic rings. The highest BCUT2D eigenvalue weighted by Crippen LogP contribution is 2.25. The largest absolute Gasteiger partial charge is 0.465 e. The predicted octanol–water partition coefficient (Wildman–Crippen LogP) is 0.564. The summed E-state index contributed by atoms with van der Waals surface area (Å²) in [6, 6.07) is 4.00. The van der Waals surface area contributed by atoms with E-state index in [2.05, 4.69) is 10.1 Å². The number of carbonyl (C=O) groups excluding carboxylic acids is 2. The van der Waals surface area contributed by atoms with Crippen molar-refractivity contribution in [1.29, 1.82) is 0 Å². The highest BCUT2D eigenvalue weighted by atomic mass is 16.6. The number of likely N-dealkylation sites (N-methyl/N-ethyl adjacent to an activating group) is 2. The molecule has 0 atom stereocenters. The zero-order valence-electron chi connectivity index (χ0n) is 11.4. The van der Waals surface area contributed by atoms with Gasteiger partial charge in [0, 0.05) is 25.8 Å². The minimum atomic E-state index is -0.799. The van der Waals surface area contributed by atoms with Crippen molar-refractivity contribution in [2.24, 2.45) is 0 Å². The Morgan fingerprint density at radius 2 is 2.10 bits per heavy atom. The molecule has 0 spiro atoms. The van der Waals surface area contributed by atoms with E-state index in [1.54, 1.807) is 11.9 Å². The topological polar surface area (TPSA) is 102 Å². The fourth-order valence-electron chi connectivity index (χ4n) is 1.58. The average molecular weight is 281 g/mol. The molecular formula is C12H15N3O5. The van der Waals surface area contributed by atoms with Gasteiger partial charge in [-0.1, -0.05) is 0 Å². The maximum Gasteiger partial charge on any atom is 0.344 e. The fourth-order valence-corrected chi connectivity index (χ4v) is 1.58. The third kappa shape index (κ3) is 3.44. The Balaban J connectivity index is 3.15. The van der Waals surface area contributed by atoms with Gasteiger partial charge in [0.2, 0.25) is 5.91 Å². The number of esters is 1. The third-order valence-electron chi connectivity index (χ3n) is 2.68. The fraction of sp³-hybridized carbons (Fsp3) is 0.333. The highest BCUT2D eigenvalue weighted by Gasteiger charge is 2.22. The SMILES string of the molecule is CNC(=O)CN(C)c1ccc([N+](=O)[O-])c(C(=O)OC)c1. The van der Waals surface area contributed by atoms with Crippen LogP contribution in [-0.4, -0.2) is 44.5 Å². The molecule has 0 aromatic heterocycles. The minimum Gasteiger partial charge on any atom is -0.465 e. The van der Waals surface area contributed by atoms with Gasteiger partial charge in [-0.05, 0) is 12.1 Å². The van der Waals surface area contributed by atoms with Crippen LogP contribution in [0.3, 0.4) is 0 Å². The van der Waals surface area contributed by atoms with E-state index < -0.39 is 10.9 Å². The van der Waals surface area contributed by atoms with Crippen LogP contribution in [0.15, 0.2) is 18.2 Å². The van der Waals surface area contributed by atoms with E-state index in [1.807, 2.05) is 0 Å². The Morgan fingerprint density at radius 3 is 2.60 bits per heavy atom. The quantitative estimate of drug-likeness (QED) is 0.481. The second-order valence-electron chi connectivity index (χ2n) is 3.98. The molecule has 1 aromatic rings. The van der Waals surface area contributed by atoms with E-state index in [-0.39, 0.29) is 23.7 Å². The maximum atomic E-state index is 11.6. The van der Waals surface area contributed by atoms with Gasteiger partial charge in [-0.15, -0.1) is 0 Å². The van der Waals surface area contributed by atoms with Gasteiger partial charge >= 0.3 is 5.97 Å². The first-order valence-electron chi connectivity index (χ1n) is 5.69. The summed E-state index contributed by atoms with van der Waals surface area (Å²) >= 11 is 0. The van der Waals surface area contributed by atoms with E-state index >= 15 is 0 Å². The Hall–Kier alpha value is -2.64. The molecule has 0 saturated heterocycles. The van der Waals surface area contributed by atoms with Crippen LogP contribution in [0.5, 0.6) is 0 Å². The molecule has 108 valence electrons. The molecule has 0 radical (unpaired) electrons. The number of nitro groups is 1. The molecule has 0 aliphatic carbocycles. The van der Waals surface area contributed by atoms with Crippen LogP contribution in [0.25, 0.3) is 0 Å². The molecule has 0 unspecified atom stereocenters. The maximum absolute atomic E-state index is 11.6. The molecule has 8 heteroatoms. The number of nitrogens with one attached hydrogen (secondary N) is 1. The molecule has 0 bridgehead atoms. The number of methoxy groups -OCH3 is 1. The second-order valence-corrected chi connectivity index (χ2v) is 3.98. The zero-order valence-corrected chi connectivity index (χ0v) is 11.4. The van der Waals surface area contributed by atoms with Crippen molar-refractivity contribution >= 4 is 23.3 Å². The van der Waals surface area contributed by atoms with E-state index in [4.69, 9.17) is 0 Å². The molecule has 20 heavy (non-hydrogen) atoms. The first-order chi connectivity index (χ1) is 9.40. The molecule has 0 saturated carbocycles. The number of benzene rings is 1. The average Bonchev–Trinajstić information content (AvgIpc) is 2.45. The van der Waals surface area contributed by atoms with Gasteiger partial charge in [-0.3, -0.25) is 14.9 Å². The lowest BCUT2D eigenvalue weighted by Crippen LogP contribution is -2.33. The first-order valence-corrected chi connectivity index (χ1v) is 5.69. The summed E-state index contributed by atoms with van der Waals surface area (Å²) in [4.78, 5) is 34.6. The van der Waals surface area contributed by atoms with E-state index in [0.717, 1.165) is 7.11 Å². The summed E-state index contributed by atoms with van der Waals surface area (Å²) in [5.41, 5.74) is 0.00676. The number of nitrogens with zero attached hydrogens (tertiary/aromatic N) is 2. The number of nitro benzene ring substituents is 1. The van der Waals surface area contributed by atoms with Crippen molar-refractivity contribution in [3.05, 3.63) is 33.9 Å². The second kappa shape index (κ2) is 6.50. The lowest BCUT2D eigenvalue weighted by molar-refractivity contribution is -0.385. The number of rotatable bonds is 5. The number of anilines is 1. The van der Waals surface area contributed by atoms with Gasteiger partial charge in [0.1, 0.15) is 5.56 Å². The molecule has 8 nitrogen and oxygen atoms in total. The molecular weight excluding hydrogens is 266 g/mol. The molecule has 0 heterocycles. The van der Waals surface area contributed by atoms with Gasteiger partial charge < -0.3 is 15.0 Å². The Morgan fingerprint density at radius 1 is 1.45 bits per heavy atom. The Bertz CT molecular complexity index is 544. The van der Waals surface area contributed by atoms with Gasteiger partial charge in [-0.2, -0.15) is 0 Å². The van der Waals surface area contributed by atoms with E-state index in [1.165, 1.54) is 25.2 Å². The normalized spacial score (nSPS) is 9.75. The first kappa shape index (κ1) is 15.4. The Labute approximate surface area is 115 Å². The summed E-state index contributed by atoms with van der Waals surface area (Å²) in [5, 5.41) is 13.3. The molecule has 1 N–H and O–H groups in total. The van der Waals surface area contributed by atoms with Gasteiger partial charge in [0.25, 0.3) is 5.69 Å². The molecule has 0 aliphatic heterocycles. The van der Waals surface area contributed by atoms with Crippen LogP contribution < -0.4 is 10.2 Å². The van der Waals surface area contributed by atoms with Crippen molar-refractivity contribution in [3.63, 3.8) is 0 Å². The molecule has 1 rings (SSSR count).